The Morgan fingerprint density at radius 3 is 2.70 bits per heavy atom. The van der Waals surface area contributed by atoms with Crippen molar-refractivity contribution >= 4 is 17.3 Å². The first kappa shape index (κ1) is 21.3. The molecule has 2 aliphatic rings. The van der Waals surface area contributed by atoms with Gasteiger partial charge in [-0.1, -0.05) is 18.2 Å². The average molecular weight is 445 g/mol. The highest BCUT2D eigenvalue weighted by molar-refractivity contribution is 6.04. The van der Waals surface area contributed by atoms with E-state index in [2.05, 4.69) is 26.6 Å². The highest BCUT2D eigenvalue weighted by Crippen LogP contribution is 2.31. The molecule has 1 aromatic heterocycles. The Kier molecular flexibility index (Phi) is 6.39. The zero-order chi connectivity index (χ0) is 22.5. The maximum absolute atomic E-state index is 12.4. The number of carbonyl (C=O) groups is 1. The molecule has 0 spiro atoms. The minimum absolute atomic E-state index is 0.0260. The van der Waals surface area contributed by atoms with Crippen molar-refractivity contribution in [1.29, 1.82) is 0 Å². The molecule has 0 saturated carbocycles. The number of hydrogen-bond donors (Lipinski definition) is 2. The third-order valence-electron chi connectivity index (χ3n) is 6.09. The van der Waals surface area contributed by atoms with Gasteiger partial charge in [-0.2, -0.15) is 0 Å². The Balaban J connectivity index is 1.10. The van der Waals surface area contributed by atoms with E-state index in [4.69, 9.17) is 9.47 Å². The van der Waals surface area contributed by atoms with Crippen LogP contribution in [0.4, 0.5) is 11.4 Å². The van der Waals surface area contributed by atoms with Gasteiger partial charge in [0.25, 0.3) is 5.91 Å². The van der Waals surface area contributed by atoms with Crippen LogP contribution >= 0.6 is 0 Å². The predicted molar refractivity (Wildman–Crippen MR) is 128 cm³/mol. The van der Waals surface area contributed by atoms with Crippen LogP contribution in [-0.4, -0.2) is 49.3 Å². The lowest BCUT2D eigenvalue weighted by Crippen LogP contribution is -2.47. The fourth-order valence-corrected chi connectivity index (χ4v) is 4.28. The molecule has 7 heteroatoms. The summed E-state index contributed by atoms with van der Waals surface area (Å²) in [5, 5.41) is 6.62. The minimum Gasteiger partial charge on any atom is -0.486 e. The lowest BCUT2D eigenvalue weighted by atomic mass is 10.0. The standard InChI is InChI=1S/C26H28N4O3/c31-26(19-5-4-12-27-16-19)29-21-6-3-7-22(15-21)30-13-10-20(11-14-30)28-17-23-18-32-24-8-1-2-9-25(24)33-23/h1-9,12,15-16,20,23,28H,10-11,13-14,17-18H2,(H,29,31)/t23-/m0/s1. The van der Waals surface area contributed by atoms with E-state index in [0.717, 1.165) is 55.3 Å². The van der Waals surface area contributed by atoms with E-state index in [0.29, 0.717) is 18.2 Å². The molecule has 1 fully saturated rings. The molecule has 2 N–H and O–H groups in total. The molecule has 0 bridgehead atoms. The largest absolute Gasteiger partial charge is 0.486 e. The van der Waals surface area contributed by atoms with Crippen molar-refractivity contribution in [2.24, 2.45) is 0 Å². The van der Waals surface area contributed by atoms with E-state index < -0.39 is 0 Å². The Hall–Kier alpha value is -3.58. The predicted octanol–water partition coefficient (Wildman–Crippen LogP) is 3.73. The molecule has 3 aromatic rings. The van der Waals surface area contributed by atoms with Crippen LogP contribution in [0.5, 0.6) is 11.5 Å². The van der Waals surface area contributed by atoms with E-state index in [9.17, 15) is 4.79 Å². The molecule has 3 heterocycles. The lowest BCUT2D eigenvalue weighted by Gasteiger charge is -2.35. The van der Waals surface area contributed by atoms with Crippen LogP contribution in [-0.2, 0) is 0 Å². The van der Waals surface area contributed by atoms with Gasteiger partial charge in [0.05, 0.1) is 5.56 Å². The number of piperidine rings is 1. The van der Waals surface area contributed by atoms with Gasteiger partial charge in [0.2, 0.25) is 0 Å². The van der Waals surface area contributed by atoms with Crippen LogP contribution in [0.25, 0.3) is 0 Å². The smallest absolute Gasteiger partial charge is 0.257 e. The third-order valence-corrected chi connectivity index (χ3v) is 6.09. The summed E-state index contributed by atoms with van der Waals surface area (Å²) in [6.45, 7) is 3.26. The number of amides is 1. The zero-order valence-corrected chi connectivity index (χ0v) is 18.4. The molecule has 2 aromatic carbocycles. The van der Waals surface area contributed by atoms with E-state index in [-0.39, 0.29) is 12.0 Å². The Labute approximate surface area is 193 Å². The van der Waals surface area contributed by atoms with E-state index in [1.807, 2.05) is 42.5 Å². The number of carbonyl (C=O) groups excluding carboxylic acids is 1. The summed E-state index contributed by atoms with van der Waals surface area (Å²) in [7, 11) is 0. The first-order chi connectivity index (χ1) is 16.2. The van der Waals surface area contributed by atoms with Crippen LogP contribution in [0, 0.1) is 0 Å². The number of nitrogens with one attached hydrogen (secondary N) is 2. The minimum atomic E-state index is -0.153. The summed E-state index contributed by atoms with van der Waals surface area (Å²) in [6.07, 6.45) is 5.36. The van der Waals surface area contributed by atoms with Crippen molar-refractivity contribution in [2.45, 2.75) is 25.0 Å². The van der Waals surface area contributed by atoms with Crippen LogP contribution in [0.3, 0.4) is 0 Å². The number of nitrogens with zero attached hydrogens (tertiary/aromatic N) is 2. The highest BCUT2D eigenvalue weighted by Gasteiger charge is 2.24. The van der Waals surface area contributed by atoms with Crippen LogP contribution in [0.1, 0.15) is 23.2 Å². The van der Waals surface area contributed by atoms with Gasteiger partial charge in [0.1, 0.15) is 12.7 Å². The van der Waals surface area contributed by atoms with Crippen LogP contribution in [0.15, 0.2) is 73.1 Å². The topological polar surface area (TPSA) is 75.7 Å². The molecule has 1 saturated heterocycles. The molecule has 170 valence electrons. The first-order valence-electron chi connectivity index (χ1n) is 11.4. The van der Waals surface area contributed by atoms with Gasteiger partial charge in [0.15, 0.2) is 11.5 Å². The summed E-state index contributed by atoms with van der Waals surface area (Å²) in [6, 6.07) is 19.8. The number of hydrogen-bond acceptors (Lipinski definition) is 6. The van der Waals surface area contributed by atoms with Gasteiger partial charge in [-0.3, -0.25) is 9.78 Å². The van der Waals surface area contributed by atoms with E-state index in [1.165, 1.54) is 0 Å². The summed E-state index contributed by atoms with van der Waals surface area (Å²) >= 11 is 0. The number of anilines is 2. The Morgan fingerprint density at radius 1 is 1.03 bits per heavy atom. The molecular formula is C26H28N4O3. The van der Waals surface area contributed by atoms with Gasteiger partial charge >= 0.3 is 0 Å². The molecule has 7 nitrogen and oxygen atoms in total. The molecule has 5 rings (SSSR count). The summed E-state index contributed by atoms with van der Waals surface area (Å²) in [5.74, 6) is 1.49. The number of para-hydroxylation sites is 2. The normalized spacial score (nSPS) is 18.1. The van der Waals surface area contributed by atoms with E-state index >= 15 is 0 Å². The number of ether oxygens (including phenoxy) is 2. The second-order valence-electron chi connectivity index (χ2n) is 8.41. The number of pyridine rings is 1. The quantitative estimate of drug-likeness (QED) is 0.603. The van der Waals surface area contributed by atoms with Gasteiger partial charge in [-0.25, -0.2) is 0 Å². The summed E-state index contributed by atoms with van der Waals surface area (Å²) in [4.78, 5) is 18.8. The second kappa shape index (κ2) is 9.92. The van der Waals surface area contributed by atoms with Crippen molar-refractivity contribution in [3.05, 3.63) is 78.6 Å². The number of benzene rings is 2. The number of rotatable bonds is 6. The van der Waals surface area contributed by atoms with Crippen LogP contribution < -0.4 is 25.0 Å². The van der Waals surface area contributed by atoms with Gasteiger partial charge < -0.3 is 25.0 Å². The monoisotopic (exact) mass is 444 g/mol. The average Bonchev–Trinajstić information content (AvgIpc) is 2.88. The highest BCUT2D eigenvalue weighted by atomic mass is 16.6. The summed E-state index contributed by atoms with van der Waals surface area (Å²) in [5.41, 5.74) is 2.46. The SMILES string of the molecule is O=C(Nc1cccc(N2CCC(NC[C@H]3COc4ccccc4O3)CC2)c1)c1cccnc1. The Bertz CT molecular complexity index is 1080. The maximum Gasteiger partial charge on any atom is 0.257 e. The van der Waals surface area contributed by atoms with E-state index in [1.54, 1.807) is 24.5 Å². The molecule has 0 radical (unpaired) electrons. The van der Waals surface area contributed by atoms with Crippen molar-refractivity contribution in [2.75, 3.05) is 36.5 Å². The molecule has 0 unspecified atom stereocenters. The van der Waals surface area contributed by atoms with Crippen molar-refractivity contribution in [1.82, 2.24) is 10.3 Å². The molecule has 33 heavy (non-hydrogen) atoms. The van der Waals surface area contributed by atoms with Crippen molar-refractivity contribution < 1.29 is 14.3 Å². The number of fused-ring (bicyclic) bond motifs is 1. The van der Waals surface area contributed by atoms with Gasteiger partial charge in [0, 0.05) is 49.4 Å². The number of aromatic nitrogens is 1. The lowest BCUT2D eigenvalue weighted by molar-refractivity contribution is 0.0873. The maximum atomic E-state index is 12.4. The fraction of sp³-hybridized carbons (Fsp3) is 0.308. The van der Waals surface area contributed by atoms with Crippen molar-refractivity contribution in [3.63, 3.8) is 0 Å². The third kappa shape index (κ3) is 5.26. The van der Waals surface area contributed by atoms with Crippen LogP contribution in [0.2, 0.25) is 0 Å². The zero-order valence-electron chi connectivity index (χ0n) is 18.4. The molecule has 1 atom stereocenters. The summed E-state index contributed by atoms with van der Waals surface area (Å²) < 4.78 is 11.9. The molecular weight excluding hydrogens is 416 g/mol. The van der Waals surface area contributed by atoms with Gasteiger partial charge in [-0.15, -0.1) is 0 Å². The first-order valence-corrected chi connectivity index (χ1v) is 11.4. The molecule has 1 amide bonds. The van der Waals surface area contributed by atoms with Gasteiger partial charge in [-0.05, 0) is 55.3 Å². The Morgan fingerprint density at radius 2 is 1.88 bits per heavy atom. The fourth-order valence-electron chi connectivity index (χ4n) is 4.28. The molecule has 2 aliphatic heterocycles. The van der Waals surface area contributed by atoms with Crippen molar-refractivity contribution in [3.8, 4) is 11.5 Å². The second-order valence-corrected chi connectivity index (χ2v) is 8.41. The molecule has 0 aliphatic carbocycles.